The minimum absolute atomic E-state index is 0.0656. The van der Waals surface area contributed by atoms with Crippen LogP contribution in [0.15, 0.2) is 12.1 Å². The van der Waals surface area contributed by atoms with Crippen molar-refractivity contribution in [2.75, 3.05) is 7.11 Å². The number of methoxy groups -OCH3 is 1. The molecule has 0 aliphatic carbocycles. The van der Waals surface area contributed by atoms with Crippen molar-refractivity contribution in [2.45, 2.75) is 13.3 Å². The van der Waals surface area contributed by atoms with Gasteiger partial charge in [-0.3, -0.25) is 14.9 Å². The number of benzene rings is 1. The number of nitrogens with zero attached hydrogens (tertiary/aromatic N) is 1. The molecule has 0 heterocycles. The number of Topliss-reactive ketones (excluding diaryl/α,β-unsaturated/α-hetero) is 1. The van der Waals surface area contributed by atoms with E-state index in [9.17, 15) is 20.0 Å². The predicted octanol–water partition coefficient (Wildman–Crippen LogP) is 1.44. The van der Waals surface area contributed by atoms with Crippen molar-refractivity contribution < 1.29 is 19.6 Å². The third-order valence-corrected chi connectivity index (χ3v) is 2.01. The van der Waals surface area contributed by atoms with E-state index in [1.807, 2.05) is 0 Å². The number of nitro groups is 1. The van der Waals surface area contributed by atoms with E-state index in [4.69, 9.17) is 4.74 Å². The van der Waals surface area contributed by atoms with Gasteiger partial charge in [-0.05, 0) is 13.0 Å². The second-order valence-electron chi connectivity index (χ2n) is 3.29. The molecule has 0 saturated heterocycles. The lowest BCUT2D eigenvalue weighted by molar-refractivity contribution is -0.386. The van der Waals surface area contributed by atoms with Gasteiger partial charge in [-0.1, -0.05) is 0 Å². The lowest BCUT2D eigenvalue weighted by atomic mass is 10.1. The van der Waals surface area contributed by atoms with E-state index in [-0.39, 0.29) is 23.5 Å². The Balaban J connectivity index is 3.31. The number of hydrogen-bond donors (Lipinski definition) is 1. The van der Waals surface area contributed by atoms with Gasteiger partial charge in [-0.25, -0.2) is 0 Å². The molecule has 0 aliphatic heterocycles. The number of phenols is 1. The lowest BCUT2D eigenvalue weighted by Gasteiger charge is -2.06. The highest BCUT2D eigenvalue weighted by Gasteiger charge is 2.20. The Bertz CT molecular complexity index is 441. The maximum Gasteiger partial charge on any atom is 0.314 e. The fraction of sp³-hybridized carbons (Fsp3) is 0.300. The summed E-state index contributed by atoms with van der Waals surface area (Å²) in [5, 5.41) is 20.2. The summed E-state index contributed by atoms with van der Waals surface area (Å²) < 4.78 is 4.86. The molecule has 0 fully saturated rings. The van der Waals surface area contributed by atoms with Crippen molar-refractivity contribution in [3.05, 3.63) is 27.8 Å². The van der Waals surface area contributed by atoms with Gasteiger partial charge in [-0.15, -0.1) is 0 Å². The van der Waals surface area contributed by atoms with Gasteiger partial charge in [0.1, 0.15) is 11.5 Å². The Labute approximate surface area is 91.6 Å². The van der Waals surface area contributed by atoms with E-state index in [0.29, 0.717) is 0 Å². The largest absolute Gasteiger partial charge is 0.502 e. The molecule has 6 heteroatoms. The molecule has 0 saturated carbocycles. The number of carbonyl (C=O) groups excluding carboxylic acids is 1. The molecule has 16 heavy (non-hydrogen) atoms. The van der Waals surface area contributed by atoms with E-state index < -0.39 is 16.4 Å². The minimum atomic E-state index is -0.721. The summed E-state index contributed by atoms with van der Waals surface area (Å²) in [5.74, 6) is -0.445. The standard InChI is InChI=1S/C10H11NO5/c1-6(12)3-7-4-8(16-2)5-9(10(7)13)11(14)15/h4-5,13H,3H2,1-2H3. The highest BCUT2D eigenvalue weighted by atomic mass is 16.6. The first kappa shape index (κ1) is 12.0. The molecule has 1 aromatic rings. The smallest absolute Gasteiger partial charge is 0.314 e. The Hall–Kier alpha value is -2.11. The van der Waals surface area contributed by atoms with E-state index >= 15 is 0 Å². The lowest BCUT2D eigenvalue weighted by Crippen LogP contribution is -2.00. The van der Waals surface area contributed by atoms with Crippen LogP contribution in [0.25, 0.3) is 0 Å². The molecule has 0 radical (unpaired) electrons. The summed E-state index contributed by atoms with van der Waals surface area (Å²) in [6, 6.07) is 2.52. The summed E-state index contributed by atoms with van der Waals surface area (Å²) >= 11 is 0. The average Bonchev–Trinajstić information content (AvgIpc) is 2.19. The van der Waals surface area contributed by atoms with Crippen LogP contribution in [-0.4, -0.2) is 22.9 Å². The van der Waals surface area contributed by atoms with Crippen LogP contribution >= 0.6 is 0 Å². The number of ether oxygens (including phenoxy) is 1. The van der Waals surface area contributed by atoms with Crippen LogP contribution in [0.2, 0.25) is 0 Å². The van der Waals surface area contributed by atoms with Crippen LogP contribution in [0, 0.1) is 10.1 Å². The fourth-order valence-corrected chi connectivity index (χ4v) is 1.31. The fourth-order valence-electron chi connectivity index (χ4n) is 1.31. The zero-order valence-corrected chi connectivity index (χ0v) is 8.89. The first-order chi connectivity index (χ1) is 7.45. The first-order valence-electron chi connectivity index (χ1n) is 4.49. The third kappa shape index (κ3) is 2.47. The zero-order chi connectivity index (χ0) is 12.3. The van der Waals surface area contributed by atoms with Gasteiger partial charge < -0.3 is 9.84 Å². The Kier molecular flexibility index (Phi) is 3.44. The molecular weight excluding hydrogens is 214 g/mol. The van der Waals surface area contributed by atoms with Crippen LogP contribution in [0.3, 0.4) is 0 Å². The summed E-state index contributed by atoms with van der Waals surface area (Å²) in [7, 11) is 1.35. The molecule has 0 bridgehead atoms. The number of phenolic OH excluding ortho intramolecular Hbond substituents is 1. The van der Waals surface area contributed by atoms with Crippen LogP contribution < -0.4 is 4.74 Å². The molecule has 1 N–H and O–H groups in total. The highest BCUT2D eigenvalue weighted by molar-refractivity contribution is 5.79. The monoisotopic (exact) mass is 225 g/mol. The molecule has 0 amide bonds. The van der Waals surface area contributed by atoms with Crippen molar-refractivity contribution in [1.29, 1.82) is 0 Å². The summed E-state index contributed by atoms with van der Waals surface area (Å²) in [6.45, 7) is 1.34. The second kappa shape index (κ2) is 4.61. The van der Waals surface area contributed by atoms with Gasteiger partial charge in [0.05, 0.1) is 18.1 Å². The van der Waals surface area contributed by atoms with Crippen LogP contribution in [0.4, 0.5) is 5.69 Å². The van der Waals surface area contributed by atoms with Crippen molar-refractivity contribution >= 4 is 11.5 Å². The SMILES string of the molecule is COc1cc(CC(C)=O)c(O)c([N+](=O)[O-])c1. The maximum absolute atomic E-state index is 10.9. The summed E-state index contributed by atoms with van der Waals surface area (Å²) in [6.07, 6.45) is -0.0656. The maximum atomic E-state index is 10.9. The molecule has 0 spiro atoms. The number of ketones is 1. The second-order valence-corrected chi connectivity index (χ2v) is 3.29. The molecule has 1 aromatic carbocycles. The summed E-state index contributed by atoms with van der Waals surface area (Å²) in [5.41, 5.74) is -0.269. The minimum Gasteiger partial charge on any atom is -0.502 e. The van der Waals surface area contributed by atoms with Gasteiger partial charge >= 0.3 is 5.69 Å². The van der Waals surface area contributed by atoms with Gasteiger partial charge in [0.25, 0.3) is 0 Å². The molecule has 86 valence electrons. The van der Waals surface area contributed by atoms with Crippen molar-refractivity contribution in [2.24, 2.45) is 0 Å². The van der Waals surface area contributed by atoms with Gasteiger partial charge in [0.2, 0.25) is 0 Å². The highest BCUT2D eigenvalue weighted by Crippen LogP contribution is 2.34. The quantitative estimate of drug-likeness (QED) is 0.618. The number of aromatic hydroxyl groups is 1. The number of nitro benzene ring substituents is 1. The van der Waals surface area contributed by atoms with Crippen LogP contribution in [0.1, 0.15) is 12.5 Å². The summed E-state index contributed by atoms with van der Waals surface area (Å²) in [4.78, 5) is 20.8. The number of carbonyl (C=O) groups is 1. The average molecular weight is 225 g/mol. The van der Waals surface area contributed by atoms with E-state index in [1.165, 1.54) is 20.1 Å². The van der Waals surface area contributed by atoms with Crippen molar-refractivity contribution in [1.82, 2.24) is 0 Å². The predicted molar refractivity (Wildman–Crippen MR) is 55.7 cm³/mol. The van der Waals surface area contributed by atoms with Gasteiger partial charge in [-0.2, -0.15) is 0 Å². The topological polar surface area (TPSA) is 89.7 Å². The third-order valence-electron chi connectivity index (χ3n) is 2.01. The zero-order valence-electron chi connectivity index (χ0n) is 8.89. The molecule has 6 nitrogen and oxygen atoms in total. The molecule has 0 unspecified atom stereocenters. The Morgan fingerprint density at radius 3 is 2.62 bits per heavy atom. The van der Waals surface area contributed by atoms with Gasteiger partial charge in [0, 0.05) is 12.0 Å². The number of rotatable bonds is 4. The van der Waals surface area contributed by atoms with Crippen molar-refractivity contribution in [3.8, 4) is 11.5 Å². The van der Waals surface area contributed by atoms with E-state index in [0.717, 1.165) is 6.07 Å². The molecule has 1 rings (SSSR count). The van der Waals surface area contributed by atoms with E-state index in [1.54, 1.807) is 0 Å². The Morgan fingerprint density at radius 1 is 1.56 bits per heavy atom. The van der Waals surface area contributed by atoms with Crippen LogP contribution in [-0.2, 0) is 11.2 Å². The molecular formula is C10H11NO5. The molecule has 0 aromatic heterocycles. The van der Waals surface area contributed by atoms with E-state index in [2.05, 4.69) is 0 Å². The Morgan fingerprint density at radius 2 is 2.19 bits per heavy atom. The van der Waals surface area contributed by atoms with Gasteiger partial charge in [0.15, 0.2) is 5.75 Å². The number of hydrogen-bond acceptors (Lipinski definition) is 5. The first-order valence-corrected chi connectivity index (χ1v) is 4.49. The van der Waals surface area contributed by atoms with Crippen molar-refractivity contribution in [3.63, 3.8) is 0 Å². The normalized spacial score (nSPS) is 9.88. The molecule has 0 aliphatic rings. The van der Waals surface area contributed by atoms with Crippen LogP contribution in [0.5, 0.6) is 11.5 Å². The molecule has 0 atom stereocenters.